The van der Waals surface area contributed by atoms with Gasteiger partial charge in [-0.3, -0.25) is 0 Å². The Bertz CT molecular complexity index is 571. The van der Waals surface area contributed by atoms with Gasteiger partial charge in [-0.1, -0.05) is 42.7 Å². The molecule has 1 heterocycles. The zero-order valence-corrected chi connectivity index (χ0v) is 12.2. The summed E-state index contributed by atoms with van der Waals surface area (Å²) < 4.78 is 18.9. The van der Waals surface area contributed by atoms with Crippen molar-refractivity contribution < 1.29 is 8.91 Å². The number of nitrogens with one attached hydrogen (secondary N) is 1. The van der Waals surface area contributed by atoms with Gasteiger partial charge in [0, 0.05) is 6.42 Å². The molecule has 0 saturated carbocycles. The second kappa shape index (κ2) is 6.81. The number of hydrogen-bond acceptors (Lipinski definition) is 4. The molecule has 2 aromatic rings. The van der Waals surface area contributed by atoms with Crippen molar-refractivity contribution >= 4 is 11.6 Å². The van der Waals surface area contributed by atoms with E-state index in [0.29, 0.717) is 29.7 Å². The summed E-state index contributed by atoms with van der Waals surface area (Å²) in [7, 11) is 0. The van der Waals surface area contributed by atoms with Crippen LogP contribution in [0.1, 0.15) is 31.1 Å². The zero-order chi connectivity index (χ0) is 14.5. The van der Waals surface area contributed by atoms with E-state index in [1.807, 2.05) is 0 Å². The average Bonchev–Trinajstić information content (AvgIpc) is 2.82. The predicted molar refractivity (Wildman–Crippen MR) is 75.1 cm³/mol. The lowest BCUT2D eigenvalue weighted by Gasteiger charge is -2.03. The van der Waals surface area contributed by atoms with Crippen molar-refractivity contribution in [1.82, 2.24) is 15.5 Å². The van der Waals surface area contributed by atoms with Crippen molar-refractivity contribution in [2.24, 2.45) is 5.92 Å². The molecule has 1 aromatic carbocycles. The van der Waals surface area contributed by atoms with Crippen LogP contribution in [0.15, 0.2) is 22.7 Å². The molecule has 1 N–H and O–H groups in total. The molecule has 108 valence electrons. The summed E-state index contributed by atoms with van der Waals surface area (Å²) in [6.07, 6.45) is 0.264. The van der Waals surface area contributed by atoms with Gasteiger partial charge in [-0.15, -0.1) is 0 Å². The Labute approximate surface area is 122 Å². The average molecular weight is 298 g/mol. The fourth-order valence-electron chi connectivity index (χ4n) is 1.76. The van der Waals surface area contributed by atoms with Gasteiger partial charge in [0.15, 0.2) is 5.82 Å². The minimum Gasteiger partial charge on any atom is -0.338 e. The van der Waals surface area contributed by atoms with E-state index in [-0.39, 0.29) is 11.4 Å². The van der Waals surface area contributed by atoms with E-state index in [9.17, 15) is 4.39 Å². The molecule has 0 unspecified atom stereocenters. The standard InChI is InChI=1S/C14H17ClFN3O/c1-9(2)7-17-8-13-18-12(19-20-13)6-10-4-3-5-11(15)14(10)16/h3-5,9,17H,6-8H2,1-2H3. The highest BCUT2D eigenvalue weighted by molar-refractivity contribution is 6.30. The Hall–Kier alpha value is -1.46. The Kier molecular flexibility index (Phi) is 5.09. The Balaban J connectivity index is 1.97. The third-order valence-corrected chi connectivity index (χ3v) is 3.01. The topological polar surface area (TPSA) is 51.0 Å². The summed E-state index contributed by atoms with van der Waals surface area (Å²) >= 11 is 5.73. The highest BCUT2D eigenvalue weighted by atomic mass is 35.5. The summed E-state index contributed by atoms with van der Waals surface area (Å²) in [6.45, 7) is 5.63. The first-order chi connectivity index (χ1) is 9.56. The largest absolute Gasteiger partial charge is 0.338 e. The van der Waals surface area contributed by atoms with Crippen LogP contribution in [0.5, 0.6) is 0 Å². The maximum Gasteiger partial charge on any atom is 0.240 e. The van der Waals surface area contributed by atoms with Gasteiger partial charge in [0.05, 0.1) is 11.6 Å². The van der Waals surface area contributed by atoms with Gasteiger partial charge >= 0.3 is 0 Å². The summed E-state index contributed by atoms with van der Waals surface area (Å²) in [5, 5.41) is 7.15. The molecular weight excluding hydrogens is 281 g/mol. The third-order valence-electron chi connectivity index (χ3n) is 2.72. The summed E-state index contributed by atoms with van der Waals surface area (Å²) in [5.74, 6) is 1.08. The lowest BCUT2D eigenvalue weighted by molar-refractivity contribution is 0.359. The molecule has 0 spiro atoms. The predicted octanol–water partition coefficient (Wildman–Crippen LogP) is 3.20. The van der Waals surface area contributed by atoms with Gasteiger partial charge in [-0.25, -0.2) is 4.39 Å². The van der Waals surface area contributed by atoms with E-state index < -0.39 is 5.82 Å². The van der Waals surface area contributed by atoms with Gasteiger partial charge in [-0.05, 0) is 24.1 Å². The van der Waals surface area contributed by atoms with Crippen LogP contribution in [-0.2, 0) is 13.0 Å². The molecule has 0 radical (unpaired) electrons. The van der Waals surface area contributed by atoms with Crippen molar-refractivity contribution in [2.45, 2.75) is 26.8 Å². The van der Waals surface area contributed by atoms with Crippen molar-refractivity contribution in [1.29, 1.82) is 0 Å². The van der Waals surface area contributed by atoms with Gasteiger partial charge in [0.25, 0.3) is 0 Å². The molecule has 20 heavy (non-hydrogen) atoms. The van der Waals surface area contributed by atoms with Crippen molar-refractivity contribution in [2.75, 3.05) is 6.54 Å². The van der Waals surface area contributed by atoms with Crippen LogP contribution in [0.3, 0.4) is 0 Å². The molecular formula is C14H17ClFN3O. The fourth-order valence-corrected chi connectivity index (χ4v) is 1.95. The molecule has 0 saturated heterocycles. The number of rotatable bonds is 6. The van der Waals surface area contributed by atoms with Crippen molar-refractivity contribution in [3.63, 3.8) is 0 Å². The lowest BCUT2D eigenvalue weighted by Crippen LogP contribution is -2.19. The van der Waals surface area contributed by atoms with Crippen LogP contribution in [0.4, 0.5) is 4.39 Å². The maximum absolute atomic E-state index is 13.8. The summed E-state index contributed by atoms with van der Waals surface area (Å²) in [4.78, 5) is 4.22. The molecule has 0 atom stereocenters. The summed E-state index contributed by atoms with van der Waals surface area (Å²) in [5.41, 5.74) is 0.458. The van der Waals surface area contributed by atoms with E-state index in [4.69, 9.17) is 16.1 Å². The number of nitrogens with zero attached hydrogens (tertiary/aromatic N) is 2. The van der Waals surface area contributed by atoms with E-state index in [0.717, 1.165) is 6.54 Å². The van der Waals surface area contributed by atoms with Crippen LogP contribution in [0, 0.1) is 11.7 Å². The Morgan fingerprint density at radius 1 is 1.40 bits per heavy atom. The molecule has 4 nitrogen and oxygen atoms in total. The van der Waals surface area contributed by atoms with Crippen LogP contribution >= 0.6 is 11.6 Å². The zero-order valence-electron chi connectivity index (χ0n) is 11.5. The molecule has 6 heteroatoms. The SMILES string of the molecule is CC(C)CNCc1nc(Cc2cccc(Cl)c2F)no1. The quantitative estimate of drug-likeness (QED) is 0.889. The summed E-state index contributed by atoms with van der Waals surface area (Å²) in [6, 6.07) is 4.87. The van der Waals surface area contributed by atoms with E-state index >= 15 is 0 Å². The van der Waals surface area contributed by atoms with Crippen molar-refractivity contribution in [3.05, 3.63) is 46.3 Å². The molecule has 0 aliphatic heterocycles. The molecule has 0 bridgehead atoms. The number of benzene rings is 1. The van der Waals surface area contributed by atoms with Crippen LogP contribution in [0.2, 0.25) is 5.02 Å². The van der Waals surface area contributed by atoms with Crippen LogP contribution in [-0.4, -0.2) is 16.7 Å². The highest BCUT2D eigenvalue weighted by Crippen LogP contribution is 2.19. The maximum atomic E-state index is 13.8. The monoisotopic (exact) mass is 297 g/mol. The fraction of sp³-hybridized carbons (Fsp3) is 0.429. The normalized spacial score (nSPS) is 11.2. The van der Waals surface area contributed by atoms with E-state index in [1.54, 1.807) is 12.1 Å². The molecule has 2 rings (SSSR count). The first-order valence-corrected chi connectivity index (χ1v) is 6.89. The third kappa shape index (κ3) is 4.02. The number of hydrogen-bond donors (Lipinski definition) is 1. The van der Waals surface area contributed by atoms with Crippen LogP contribution < -0.4 is 5.32 Å². The molecule has 0 aliphatic carbocycles. The molecule has 0 fully saturated rings. The van der Waals surface area contributed by atoms with Crippen molar-refractivity contribution in [3.8, 4) is 0 Å². The first kappa shape index (κ1) is 14.9. The minimum atomic E-state index is -0.432. The van der Waals surface area contributed by atoms with E-state index in [2.05, 4.69) is 29.3 Å². The lowest BCUT2D eigenvalue weighted by atomic mass is 10.1. The first-order valence-electron chi connectivity index (χ1n) is 6.51. The minimum absolute atomic E-state index is 0.102. The Morgan fingerprint density at radius 3 is 2.95 bits per heavy atom. The van der Waals surface area contributed by atoms with Gasteiger partial charge in [-0.2, -0.15) is 4.98 Å². The van der Waals surface area contributed by atoms with Gasteiger partial charge in [0.1, 0.15) is 5.82 Å². The molecule has 0 amide bonds. The Morgan fingerprint density at radius 2 is 2.20 bits per heavy atom. The van der Waals surface area contributed by atoms with Gasteiger partial charge in [0.2, 0.25) is 5.89 Å². The second-order valence-electron chi connectivity index (χ2n) is 5.02. The highest BCUT2D eigenvalue weighted by Gasteiger charge is 2.11. The number of aromatic nitrogens is 2. The smallest absolute Gasteiger partial charge is 0.240 e. The molecule has 0 aliphatic rings. The van der Waals surface area contributed by atoms with Crippen LogP contribution in [0.25, 0.3) is 0 Å². The molecule has 1 aromatic heterocycles. The second-order valence-corrected chi connectivity index (χ2v) is 5.43. The van der Waals surface area contributed by atoms with Gasteiger partial charge < -0.3 is 9.84 Å². The number of halogens is 2. The van der Waals surface area contributed by atoms with E-state index in [1.165, 1.54) is 6.07 Å².